The van der Waals surface area contributed by atoms with Crippen LogP contribution < -0.4 is 10.2 Å². The summed E-state index contributed by atoms with van der Waals surface area (Å²) in [7, 11) is 1.52. The van der Waals surface area contributed by atoms with Crippen LogP contribution in [-0.2, 0) is 14.9 Å². The molecule has 0 saturated carbocycles. The van der Waals surface area contributed by atoms with Crippen LogP contribution in [0, 0.1) is 0 Å². The number of aromatic amines is 2. The molecule has 5 rings (SSSR count). The molecule has 0 fully saturated rings. The van der Waals surface area contributed by atoms with E-state index in [1.54, 1.807) is 17.0 Å². The van der Waals surface area contributed by atoms with Crippen molar-refractivity contribution in [3.8, 4) is 11.5 Å². The Labute approximate surface area is 184 Å². The average Bonchev–Trinajstić information content (AvgIpc) is 3.44. The molecule has 0 spiro atoms. The molecule has 2 aromatic heterocycles. The highest BCUT2D eigenvalue weighted by Gasteiger charge is 2.43. The predicted molar refractivity (Wildman–Crippen MR) is 122 cm³/mol. The first kappa shape index (κ1) is 20.2. The van der Waals surface area contributed by atoms with E-state index in [9.17, 15) is 9.59 Å². The third kappa shape index (κ3) is 2.89. The highest BCUT2D eigenvalue weighted by Crippen LogP contribution is 2.43. The molecule has 4 aromatic rings. The van der Waals surface area contributed by atoms with Crippen molar-refractivity contribution in [1.29, 1.82) is 0 Å². The lowest BCUT2D eigenvalue weighted by Crippen LogP contribution is -2.35. The van der Waals surface area contributed by atoms with Gasteiger partial charge in [-0.25, -0.2) is 4.98 Å². The molecule has 0 radical (unpaired) electrons. The highest BCUT2D eigenvalue weighted by atomic mass is 16.5. The zero-order valence-corrected chi connectivity index (χ0v) is 18.4. The molecule has 0 aliphatic carbocycles. The van der Waals surface area contributed by atoms with Crippen LogP contribution >= 0.6 is 0 Å². The largest absolute Gasteiger partial charge is 0.364 e. The van der Waals surface area contributed by atoms with Gasteiger partial charge in [-0.1, -0.05) is 0 Å². The second kappa shape index (κ2) is 7.16. The number of hydrogen-bond acceptors (Lipinski definition) is 5. The van der Waals surface area contributed by atoms with Gasteiger partial charge in [0.05, 0.1) is 27.7 Å². The maximum atomic E-state index is 12.8. The molecule has 9 nitrogen and oxygen atoms in total. The van der Waals surface area contributed by atoms with E-state index in [1.807, 2.05) is 39.0 Å². The molecule has 3 heterocycles. The number of hydrogen-bond donors (Lipinski definition) is 3. The first-order valence-corrected chi connectivity index (χ1v) is 10.5. The van der Waals surface area contributed by atoms with Crippen LogP contribution in [-0.4, -0.2) is 52.4 Å². The van der Waals surface area contributed by atoms with Gasteiger partial charge in [0.25, 0.3) is 5.91 Å². The Morgan fingerprint density at radius 2 is 2.03 bits per heavy atom. The van der Waals surface area contributed by atoms with Gasteiger partial charge >= 0.3 is 0 Å². The Morgan fingerprint density at radius 3 is 2.78 bits per heavy atom. The van der Waals surface area contributed by atoms with Crippen LogP contribution in [0.4, 0.5) is 5.69 Å². The van der Waals surface area contributed by atoms with E-state index >= 15 is 0 Å². The maximum Gasteiger partial charge on any atom is 0.253 e. The standard InChI is InChI=1S/C23H24N6O3/c1-5-29-18-10-17-16(9-14(18)23(2,3)22(29)31)25-20(26-17)19-13-8-12(21(30)24-11-32-4)6-7-15(13)27-28-19/h6-10H,5,11H2,1-4H3,(H,24,30)(H,25,26)(H,27,28). The normalized spacial score (nSPS) is 15.0. The van der Waals surface area contributed by atoms with E-state index in [1.165, 1.54) is 7.11 Å². The molecule has 2 amide bonds. The van der Waals surface area contributed by atoms with Crippen molar-refractivity contribution in [3.63, 3.8) is 0 Å². The molecule has 9 heteroatoms. The van der Waals surface area contributed by atoms with Gasteiger partial charge in [0.15, 0.2) is 5.82 Å². The van der Waals surface area contributed by atoms with Crippen LogP contribution in [0.5, 0.6) is 0 Å². The number of aromatic nitrogens is 4. The number of carbonyl (C=O) groups excluding carboxylic acids is 2. The second-order valence-corrected chi connectivity index (χ2v) is 8.42. The monoisotopic (exact) mass is 432 g/mol. The number of methoxy groups -OCH3 is 1. The smallest absolute Gasteiger partial charge is 0.253 e. The number of fused-ring (bicyclic) bond motifs is 3. The Balaban J connectivity index is 1.60. The second-order valence-electron chi connectivity index (χ2n) is 8.42. The average molecular weight is 432 g/mol. The fraction of sp³-hybridized carbons (Fsp3) is 0.304. The number of anilines is 1. The van der Waals surface area contributed by atoms with Crippen molar-refractivity contribution in [2.45, 2.75) is 26.2 Å². The summed E-state index contributed by atoms with van der Waals surface area (Å²) in [4.78, 5) is 35.1. The summed E-state index contributed by atoms with van der Waals surface area (Å²) in [5.74, 6) is 0.463. The number of carbonyl (C=O) groups is 2. The fourth-order valence-corrected chi connectivity index (χ4v) is 4.33. The van der Waals surface area contributed by atoms with Crippen molar-refractivity contribution in [3.05, 3.63) is 41.5 Å². The first-order valence-electron chi connectivity index (χ1n) is 10.5. The lowest BCUT2D eigenvalue weighted by atomic mass is 9.86. The summed E-state index contributed by atoms with van der Waals surface area (Å²) in [5, 5.41) is 10.9. The topological polar surface area (TPSA) is 116 Å². The maximum absolute atomic E-state index is 12.8. The van der Waals surface area contributed by atoms with E-state index in [2.05, 4.69) is 20.5 Å². The molecule has 32 heavy (non-hydrogen) atoms. The van der Waals surface area contributed by atoms with E-state index in [-0.39, 0.29) is 18.5 Å². The SMILES string of the molecule is CCN1C(=O)C(C)(C)c2cc3[nH]c(-c4n[nH]c5ccc(C(=O)NCOC)cc45)nc3cc21. The molecule has 0 atom stereocenters. The minimum Gasteiger partial charge on any atom is -0.364 e. The quantitative estimate of drug-likeness (QED) is 0.419. The minimum absolute atomic E-state index is 0.0976. The lowest BCUT2D eigenvalue weighted by molar-refractivity contribution is -0.122. The summed E-state index contributed by atoms with van der Waals surface area (Å²) in [6, 6.07) is 9.30. The molecule has 1 aliphatic heterocycles. The van der Waals surface area contributed by atoms with Crippen molar-refractivity contribution < 1.29 is 14.3 Å². The first-order chi connectivity index (χ1) is 15.3. The molecular formula is C23H24N6O3. The van der Waals surface area contributed by atoms with E-state index < -0.39 is 5.41 Å². The van der Waals surface area contributed by atoms with E-state index in [4.69, 9.17) is 9.72 Å². The molecular weight excluding hydrogens is 408 g/mol. The Morgan fingerprint density at radius 1 is 1.22 bits per heavy atom. The lowest BCUT2D eigenvalue weighted by Gasteiger charge is -2.18. The zero-order valence-electron chi connectivity index (χ0n) is 18.4. The van der Waals surface area contributed by atoms with Crippen LogP contribution in [0.2, 0.25) is 0 Å². The van der Waals surface area contributed by atoms with Crippen molar-refractivity contribution in [2.75, 3.05) is 25.3 Å². The van der Waals surface area contributed by atoms with Crippen molar-refractivity contribution in [2.24, 2.45) is 0 Å². The third-order valence-corrected chi connectivity index (χ3v) is 6.09. The van der Waals surface area contributed by atoms with Gasteiger partial charge in [0, 0.05) is 24.6 Å². The van der Waals surface area contributed by atoms with Crippen LogP contribution in [0.15, 0.2) is 30.3 Å². The summed E-state index contributed by atoms with van der Waals surface area (Å²) in [5.41, 5.74) is 4.82. The molecule has 3 N–H and O–H groups in total. The number of ether oxygens (including phenoxy) is 1. The molecule has 164 valence electrons. The number of likely N-dealkylation sites (N-methyl/N-ethyl adjacent to an activating group) is 1. The van der Waals surface area contributed by atoms with E-state index in [0.717, 1.165) is 33.2 Å². The molecule has 1 aliphatic rings. The number of nitrogens with one attached hydrogen (secondary N) is 3. The number of rotatable bonds is 5. The minimum atomic E-state index is -0.589. The molecule has 2 aromatic carbocycles. The third-order valence-electron chi connectivity index (χ3n) is 6.09. The Kier molecular flexibility index (Phi) is 4.52. The number of amides is 2. The summed E-state index contributed by atoms with van der Waals surface area (Å²) in [6.45, 7) is 6.61. The van der Waals surface area contributed by atoms with Gasteiger partial charge in [0.1, 0.15) is 12.4 Å². The van der Waals surface area contributed by atoms with Gasteiger partial charge in [-0.15, -0.1) is 0 Å². The van der Waals surface area contributed by atoms with Crippen molar-refractivity contribution >= 4 is 39.4 Å². The highest BCUT2D eigenvalue weighted by molar-refractivity contribution is 6.09. The van der Waals surface area contributed by atoms with Gasteiger partial charge < -0.3 is 19.9 Å². The Hall–Kier alpha value is -3.72. The summed E-state index contributed by atoms with van der Waals surface area (Å²) in [6.07, 6.45) is 0. The number of benzene rings is 2. The number of nitrogens with zero attached hydrogens (tertiary/aromatic N) is 3. The van der Waals surface area contributed by atoms with Gasteiger partial charge in [0.2, 0.25) is 5.91 Å². The Bertz CT molecular complexity index is 1380. The zero-order chi connectivity index (χ0) is 22.6. The predicted octanol–water partition coefficient (Wildman–Crippen LogP) is 3.08. The van der Waals surface area contributed by atoms with Gasteiger partial charge in [-0.2, -0.15) is 5.10 Å². The van der Waals surface area contributed by atoms with Crippen LogP contribution in [0.25, 0.3) is 33.5 Å². The van der Waals surface area contributed by atoms with E-state index in [0.29, 0.717) is 23.6 Å². The van der Waals surface area contributed by atoms with Crippen LogP contribution in [0.1, 0.15) is 36.7 Å². The summed E-state index contributed by atoms with van der Waals surface area (Å²) < 4.78 is 4.91. The van der Waals surface area contributed by atoms with Gasteiger partial charge in [-0.3, -0.25) is 14.7 Å². The fourth-order valence-electron chi connectivity index (χ4n) is 4.33. The van der Waals surface area contributed by atoms with Gasteiger partial charge in [-0.05, 0) is 56.7 Å². The van der Waals surface area contributed by atoms with Crippen molar-refractivity contribution in [1.82, 2.24) is 25.5 Å². The summed E-state index contributed by atoms with van der Waals surface area (Å²) >= 11 is 0. The molecule has 0 saturated heterocycles. The van der Waals surface area contributed by atoms with Crippen LogP contribution in [0.3, 0.4) is 0 Å². The number of H-pyrrole nitrogens is 2. The number of imidazole rings is 1. The molecule has 0 unspecified atom stereocenters. The molecule has 0 bridgehead atoms.